The number of hydrogen-bond donors (Lipinski definition) is 0. The summed E-state index contributed by atoms with van der Waals surface area (Å²) < 4.78 is 15.8. The van der Waals surface area contributed by atoms with E-state index in [9.17, 15) is 9.18 Å². The molecule has 1 atom stereocenters. The van der Waals surface area contributed by atoms with Gasteiger partial charge in [-0.25, -0.2) is 14.4 Å². The summed E-state index contributed by atoms with van der Waals surface area (Å²) in [6.07, 6.45) is 12.1. The lowest BCUT2D eigenvalue weighted by molar-refractivity contribution is 0.111. The van der Waals surface area contributed by atoms with Crippen molar-refractivity contribution in [3.8, 4) is 0 Å². The third-order valence-corrected chi connectivity index (χ3v) is 3.81. The summed E-state index contributed by atoms with van der Waals surface area (Å²) in [4.78, 5) is 19.1. The van der Waals surface area contributed by atoms with Crippen LogP contribution in [0.1, 0.15) is 36.5 Å². The number of halogens is 1. The van der Waals surface area contributed by atoms with Crippen molar-refractivity contribution in [2.24, 2.45) is 5.92 Å². The molecule has 4 nitrogen and oxygen atoms in total. The third-order valence-electron chi connectivity index (χ3n) is 3.81. The number of aldehydes is 1. The van der Waals surface area contributed by atoms with Gasteiger partial charge in [0, 0.05) is 12.1 Å². The number of hydrogen-bond acceptors (Lipinski definition) is 3. The van der Waals surface area contributed by atoms with Crippen LogP contribution in [-0.4, -0.2) is 26.3 Å². The summed E-state index contributed by atoms with van der Waals surface area (Å²) in [5, 5.41) is 0. The van der Waals surface area contributed by atoms with Gasteiger partial charge in [-0.15, -0.1) is 0 Å². The van der Waals surface area contributed by atoms with Crippen LogP contribution in [0.5, 0.6) is 0 Å². The zero-order valence-corrected chi connectivity index (χ0v) is 12.0. The molecule has 2 aromatic rings. The highest BCUT2D eigenvalue weighted by molar-refractivity contribution is 5.76. The zero-order valence-electron chi connectivity index (χ0n) is 12.0. The first kappa shape index (κ1) is 13.7. The van der Waals surface area contributed by atoms with Gasteiger partial charge in [0.2, 0.25) is 0 Å². The molecule has 1 unspecified atom stereocenters. The third kappa shape index (κ3) is 2.51. The molecule has 5 heteroatoms. The van der Waals surface area contributed by atoms with Gasteiger partial charge in [-0.2, -0.15) is 0 Å². The monoisotopic (exact) mass is 285 g/mol. The fourth-order valence-electron chi connectivity index (χ4n) is 2.50. The summed E-state index contributed by atoms with van der Waals surface area (Å²) >= 11 is 0. The lowest BCUT2D eigenvalue weighted by atomic mass is 9.85. The Morgan fingerprint density at radius 3 is 2.81 bits per heavy atom. The highest BCUT2D eigenvalue weighted by Gasteiger charge is 2.27. The first-order valence-electron chi connectivity index (χ1n) is 6.85. The molecule has 0 spiro atoms. The molecule has 1 aliphatic rings. The summed E-state index contributed by atoms with van der Waals surface area (Å²) in [6, 6.07) is 0. The average molecular weight is 285 g/mol. The van der Waals surface area contributed by atoms with Gasteiger partial charge in [-0.3, -0.25) is 9.20 Å². The Morgan fingerprint density at radius 1 is 1.38 bits per heavy atom. The van der Waals surface area contributed by atoms with Crippen LogP contribution in [0.25, 0.3) is 11.2 Å². The van der Waals surface area contributed by atoms with E-state index in [1.807, 2.05) is 22.6 Å². The van der Waals surface area contributed by atoms with Crippen molar-refractivity contribution in [3.05, 3.63) is 48.2 Å². The molecule has 108 valence electrons. The minimum Gasteiger partial charge on any atom is -0.296 e. The van der Waals surface area contributed by atoms with Crippen LogP contribution in [0.2, 0.25) is 0 Å². The van der Waals surface area contributed by atoms with Crippen molar-refractivity contribution in [3.63, 3.8) is 0 Å². The normalized spacial score (nSPS) is 18.8. The van der Waals surface area contributed by atoms with Crippen LogP contribution >= 0.6 is 0 Å². The largest absolute Gasteiger partial charge is 0.296 e. The number of aromatic nitrogens is 3. The van der Waals surface area contributed by atoms with Crippen LogP contribution < -0.4 is 0 Å². The molecule has 0 amide bonds. The van der Waals surface area contributed by atoms with Gasteiger partial charge in [0.15, 0.2) is 11.9 Å². The molecule has 0 N–H and O–H groups in total. The number of allylic oxidation sites excluding steroid dienone is 4. The number of carbonyl (C=O) groups is 1. The topological polar surface area (TPSA) is 47.3 Å². The average Bonchev–Trinajstić information content (AvgIpc) is 2.89. The van der Waals surface area contributed by atoms with E-state index in [0.717, 1.165) is 11.3 Å². The Hall–Kier alpha value is -2.30. The van der Waals surface area contributed by atoms with Crippen molar-refractivity contribution >= 4 is 17.5 Å². The van der Waals surface area contributed by atoms with Crippen LogP contribution in [0.15, 0.2) is 36.8 Å². The van der Waals surface area contributed by atoms with E-state index in [-0.39, 0.29) is 5.92 Å². The van der Waals surface area contributed by atoms with E-state index >= 15 is 0 Å². The van der Waals surface area contributed by atoms with Gasteiger partial charge in [-0.05, 0) is 25.8 Å². The fourth-order valence-corrected chi connectivity index (χ4v) is 2.50. The molecule has 1 aliphatic carbocycles. The second kappa shape index (κ2) is 4.91. The molecule has 0 aliphatic heterocycles. The van der Waals surface area contributed by atoms with Crippen molar-refractivity contribution in [2.45, 2.75) is 25.9 Å². The van der Waals surface area contributed by atoms with Crippen molar-refractivity contribution < 1.29 is 9.18 Å². The molecule has 0 saturated heterocycles. The summed E-state index contributed by atoms with van der Waals surface area (Å²) in [6.45, 7) is 3.19. The van der Waals surface area contributed by atoms with Gasteiger partial charge in [-0.1, -0.05) is 18.2 Å². The van der Waals surface area contributed by atoms with E-state index in [2.05, 4.69) is 9.97 Å². The van der Waals surface area contributed by atoms with Gasteiger partial charge >= 0.3 is 0 Å². The quantitative estimate of drug-likeness (QED) is 0.813. The number of fused-ring (bicyclic) bond motifs is 1. The van der Waals surface area contributed by atoms with Crippen molar-refractivity contribution in [1.82, 2.24) is 14.4 Å². The summed E-state index contributed by atoms with van der Waals surface area (Å²) in [7, 11) is 0. The Labute approximate surface area is 122 Å². The molecule has 0 aromatic carbocycles. The second-order valence-corrected chi connectivity index (χ2v) is 5.73. The molecular weight excluding hydrogens is 269 g/mol. The van der Waals surface area contributed by atoms with E-state index in [4.69, 9.17) is 0 Å². The maximum absolute atomic E-state index is 14.0. The van der Waals surface area contributed by atoms with E-state index in [1.54, 1.807) is 32.4 Å². The SMILES string of the molecule is CC(C)(F)C1C=CC(c2cnc3cnc(C=O)cn23)=CC1. The highest BCUT2D eigenvalue weighted by Crippen LogP contribution is 2.32. The number of imidazole rings is 1. The fraction of sp³-hybridized carbons (Fsp3) is 0.312. The Kier molecular flexibility index (Phi) is 3.20. The first-order valence-corrected chi connectivity index (χ1v) is 6.85. The molecule has 21 heavy (non-hydrogen) atoms. The van der Waals surface area contributed by atoms with Gasteiger partial charge in [0.1, 0.15) is 11.4 Å². The van der Waals surface area contributed by atoms with Crippen LogP contribution in [0.3, 0.4) is 0 Å². The molecule has 0 bridgehead atoms. The predicted molar refractivity (Wildman–Crippen MR) is 78.8 cm³/mol. The lowest BCUT2D eigenvalue weighted by Crippen LogP contribution is -2.24. The summed E-state index contributed by atoms with van der Waals surface area (Å²) in [5.74, 6) is -0.118. The Bertz CT molecular complexity index is 752. The Balaban J connectivity index is 1.97. The van der Waals surface area contributed by atoms with Crippen LogP contribution in [-0.2, 0) is 0 Å². The van der Waals surface area contributed by atoms with Gasteiger partial charge < -0.3 is 0 Å². The number of nitrogens with zero attached hydrogens (tertiary/aromatic N) is 3. The maximum Gasteiger partial charge on any atom is 0.169 e. The van der Waals surface area contributed by atoms with E-state index in [0.29, 0.717) is 24.0 Å². The minimum atomic E-state index is -1.23. The maximum atomic E-state index is 14.0. The molecule has 0 radical (unpaired) electrons. The standard InChI is InChI=1S/C16H16FN3O/c1-16(2,17)12-5-3-11(4-6-12)14-7-19-15-8-18-13(10-21)9-20(14)15/h3-5,7-10,12H,6H2,1-2H3. The second-order valence-electron chi connectivity index (χ2n) is 5.73. The number of rotatable bonds is 3. The predicted octanol–water partition coefficient (Wildman–Crippen LogP) is 3.25. The van der Waals surface area contributed by atoms with E-state index in [1.165, 1.54) is 0 Å². The Morgan fingerprint density at radius 2 is 2.19 bits per heavy atom. The summed E-state index contributed by atoms with van der Waals surface area (Å²) in [5.41, 5.74) is 1.66. The molecule has 0 saturated carbocycles. The van der Waals surface area contributed by atoms with Gasteiger partial charge in [0.05, 0.1) is 18.1 Å². The van der Waals surface area contributed by atoms with Crippen LogP contribution in [0, 0.1) is 5.92 Å². The van der Waals surface area contributed by atoms with Crippen molar-refractivity contribution in [1.29, 1.82) is 0 Å². The molecule has 2 heterocycles. The molecular formula is C16H16FN3O. The molecule has 2 aromatic heterocycles. The van der Waals surface area contributed by atoms with Crippen molar-refractivity contribution in [2.75, 3.05) is 0 Å². The van der Waals surface area contributed by atoms with Gasteiger partial charge in [0.25, 0.3) is 0 Å². The first-order chi connectivity index (χ1) is 9.99. The van der Waals surface area contributed by atoms with Crippen LogP contribution in [0.4, 0.5) is 4.39 Å². The smallest absolute Gasteiger partial charge is 0.169 e. The molecule has 3 rings (SSSR count). The zero-order chi connectivity index (χ0) is 15.0. The number of alkyl halides is 1. The lowest BCUT2D eigenvalue weighted by Gasteiger charge is -2.25. The molecule has 0 fully saturated rings. The minimum absolute atomic E-state index is 0.118. The number of carbonyl (C=O) groups excluding carboxylic acids is 1. The van der Waals surface area contributed by atoms with E-state index < -0.39 is 5.67 Å². The highest BCUT2D eigenvalue weighted by atomic mass is 19.1.